The highest BCUT2D eigenvalue weighted by Gasteiger charge is 2.26. The molecule has 0 spiro atoms. The van der Waals surface area contributed by atoms with Crippen LogP contribution in [-0.4, -0.2) is 6.10 Å². The Bertz CT molecular complexity index is 423. The van der Waals surface area contributed by atoms with Crippen molar-refractivity contribution in [1.82, 2.24) is 0 Å². The van der Waals surface area contributed by atoms with Gasteiger partial charge in [-0.3, -0.25) is 0 Å². The normalized spacial score (nSPS) is 29.0. The molecule has 0 saturated heterocycles. The lowest BCUT2D eigenvalue weighted by Gasteiger charge is -2.32. The molecule has 19 heavy (non-hydrogen) atoms. The van der Waals surface area contributed by atoms with E-state index < -0.39 is 0 Å². The first-order chi connectivity index (χ1) is 8.95. The van der Waals surface area contributed by atoms with Gasteiger partial charge >= 0.3 is 0 Å². The molecule has 0 amide bonds. The third-order valence-corrected chi connectivity index (χ3v) is 4.39. The van der Waals surface area contributed by atoms with E-state index >= 15 is 0 Å². The van der Waals surface area contributed by atoms with Gasteiger partial charge in [0.05, 0.1) is 6.10 Å². The van der Waals surface area contributed by atoms with Crippen molar-refractivity contribution in [2.24, 2.45) is 17.6 Å². The molecule has 0 heterocycles. The number of ether oxygens (including phenoxy) is 1. The molecular weight excluding hydrogens is 302 g/mol. The second-order valence-electron chi connectivity index (χ2n) is 6.13. The Morgan fingerprint density at radius 1 is 1.21 bits per heavy atom. The van der Waals surface area contributed by atoms with Crippen molar-refractivity contribution in [3.8, 4) is 5.75 Å². The van der Waals surface area contributed by atoms with E-state index in [2.05, 4.69) is 35.8 Å². The van der Waals surface area contributed by atoms with Gasteiger partial charge in [-0.2, -0.15) is 0 Å². The molecule has 1 aromatic rings. The highest BCUT2D eigenvalue weighted by molar-refractivity contribution is 9.10. The third kappa shape index (κ3) is 3.96. The molecule has 3 heteroatoms. The van der Waals surface area contributed by atoms with Gasteiger partial charge < -0.3 is 10.5 Å². The summed E-state index contributed by atoms with van der Waals surface area (Å²) in [6, 6.07) is 6.13. The molecule has 0 aliphatic heterocycles. The van der Waals surface area contributed by atoms with Gasteiger partial charge in [0.25, 0.3) is 0 Å². The fraction of sp³-hybridized carbons (Fsp3) is 0.625. The van der Waals surface area contributed by atoms with Crippen molar-refractivity contribution < 1.29 is 4.74 Å². The maximum atomic E-state index is 6.26. The van der Waals surface area contributed by atoms with Gasteiger partial charge in [0, 0.05) is 16.1 Å². The molecule has 106 valence electrons. The second-order valence-corrected chi connectivity index (χ2v) is 7.04. The zero-order valence-electron chi connectivity index (χ0n) is 12.0. The predicted octanol–water partition coefficient (Wildman–Crippen LogP) is 4.67. The number of hydrogen-bond donors (Lipinski definition) is 1. The van der Waals surface area contributed by atoms with Gasteiger partial charge in [-0.1, -0.05) is 35.8 Å². The number of rotatable bonds is 3. The van der Waals surface area contributed by atoms with E-state index in [1.807, 2.05) is 19.1 Å². The van der Waals surface area contributed by atoms with Gasteiger partial charge in [0.15, 0.2) is 0 Å². The Morgan fingerprint density at radius 2 is 1.84 bits per heavy atom. The van der Waals surface area contributed by atoms with Gasteiger partial charge in [-0.05, 0) is 50.2 Å². The molecule has 1 fully saturated rings. The molecule has 1 saturated carbocycles. The lowest BCUT2D eigenvalue weighted by Crippen LogP contribution is -2.29. The number of halogens is 1. The Hall–Kier alpha value is -0.540. The lowest BCUT2D eigenvalue weighted by atomic mass is 9.82. The lowest BCUT2D eigenvalue weighted by molar-refractivity contribution is 0.0997. The van der Waals surface area contributed by atoms with Crippen LogP contribution in [0.25, 0.3) is 0 Å². The van der Waals surface area contributed by atoms with Crippen molar-refractivity contribution >= 4 is 15.9 Å². The van der Waals surface area contributed by atoms with E-state index in [-0.39, 0.29) is 6.04 Å². The Labute approximate surface area is 124 Å². The fourth-order valence-electron chi connectivity index (χ4n) is 3.14. The van der Waals surface area contributed by atoms with Gasteiger partial charge in [-0.15, -0.1) is 0 Å². The molecule has 0 bridgehead atoms. The molecule has 0 aromatic heterocycles. The summed E-state index contributed by atoms with van der Waals surface area (Å²) >= 11 is 3.51. The van der Waals surface area contributed by atoms with E-state index in [0.717, 1.165) is 40.5 Å². The number of nitrogens with two attached hydrogens (primary N) is 1. The molecule has 2 rings (SSSR count). The SMILES string of the molecule is CC1CC(C)CC(Oc2cc(Br)ccc2[C@@H](C)N)C1. The van der Waals surface area contributed by atoms with Crippen molar-refractivity contribution in [3.05, 3.63) is 28.2 Å². The summed E-state index contributed by atoms with van der Waals surface area (Å²) in [6.45, 7) is 6.64. The van der Waals surface area contributed by atoms with Crippen LogP contribution in [0.4, 0.5) is 0 Å². The molecule has 2 unspecified atom stereocenters. The third-order valence-electron chi connectivity index (χ3n) is 3.90. The van der Waals surface area contributed by atoms with Crippen LogP contribution < -0.4 is 10.5 Å². The largest absolute Gasteiger partial charge is 0.490 e. The maximum Gasteiger partial charge on any atom is 0.125 e. The Kier molecular flexibility index (Phi) is 4.91. The van der Waals surface area contributed by atoms with E-state index in [0.29, 0.717) is 6.10 Å². The van der Waals surface area contributed by atoms with Crippen LogP contribution >= 0.6 is 15.9 Å². The average Bonchev–Trinajstić information content (AvgIpc) is 2.26. The molecule has 1 aliphatic rings. The summed E-state index contributed by atoms with van der Waals surface area (Å²) in [5.41, 5.74) is 7.12. The quantitative estimate of drug-likeness (QED) is 0.876. The summed E-state index contributed by atoms with van der Waals surface area (Å²) in [6.07, 6.45) is 3.94. The minimum atomic E-state index is 0.00142. The zero-order chi connectivity index (χ0) is 14.0. The standard InChI is InChI=1S/C16H24BrNO/c1-10-6-11(2)8-14(7-10)19-16-9-13(17)4-5-15(16)12(3)18/h4-5,9-12,14H,6-8,18H2,1-3H3/t10?,11?,12-,14?/m1/s1. The second kappa shape index (κ2) is 6.27. The van der Waals surface area contributed by atoms with E-state index in [9.17, 15) is 0 Å². The smallest absolute Gasteiger partial charge is 0.125 e. The zero-order valence-corrected chi connectivity index (χ0v) is 13.6. The summed E-state index contributed by atoms with van der Waals surface area (Å²) in [4.78, 5) is 0. The topological polar surface area (TPSA) is 35.2 Å². The minimum Gasteiger partial charge on any atom is -0.490 e. The molecule has 0 radical (unpaired) electrons. The van der Waals surface area contributed by atoms with Gasteiger partial charge in [0.1, 0.15) is 5.75 Å². The van der Waals surface area contributed by atoms with Crippen LogP contribution in [0.3, 0.4) is 0 Å². The average molecular weight is 326 g/mol. The monoisotopic (exact) mass is 325 g/mol. The molecule has 1 aromatic carbocycles. The molecule has 2 N–H and O–H groups in total. The first kappa shape index (κ1) is 14.9. The Morgan fingerprint density at radius 3 is 2.42 bits per heavy atom. The predicted molar refractivity (Wildman–Crippen MR) is 83.3 cm³/mol. The summed E-state index contributed by atoms with van der Waals surface area (Å²) in [5, 5.41) is 0. The van der Waals surface area contributed by atoms with Crippen LogP contribution in [0.5, 0.6) is 5.75 Å². The highest BCUT2D eigenvalue weighted by atomic mass is 79.9. The fourth-order valence-corrected chi connectivity index (χ4v) is 3.48. The highest BCUT2D eigenvalue weighted by Crippen LogP contribution is 2.34. The van der Waals surface area contributed by atoms with E-state index in [1.165, 1.54) is 6.42 Å². The molecular formula is C16H24BrNO. The molecule has 2 nitrogen and oxygen atoms in total. The maximum absolute atomic E-state index is 6.26. The van der Waals surface area contributed by atoms with Crippen LogP contribution in [-0.2, 0) is 0 Å². The molecule has 1 aliphatic carbocycles. The van der Waals surface area contributed by atoms with Crippen molar-refractivity contribution in [1.29, 1.82) is 0 Å². The van der Waals surface area contributed by atoms with E-state index in [4.69, 9.17) is 10.5 Å². The Balaban J connectivity index is 2.15. The summed E-state index contributed by atoms with van der Waals surface area (Å²) in [7, 11) is 0. The van der Waals surface area contributed by atoms with Crippen molar-refractivity contribution in [2.45, 2.75) is 52.2 Å². The summed E-state index contributed by atoms with van der Waals surface area (Å²) in [5.74, 6) is 2.44. The van der Waals surface area contributed by atoms with Crippen molar-refractivity contribution in [3.63, 3.8) is 0 Å². The number of benzene rings is 1. The summed E-state index contributed by atoms with van der Waals surface area (Å²) < 4.78 is 7.30. The van der Waals surface area contributed by atoms with Gasteiger partial charge in [0.2, 0.25) is 0 Å². The molecule has 3 atom stereocenters. The van der Waals surface area contributed by atoms with E-state index in [1.54, 1.807) is 0 Å². The van der Waals surface area contributed by atoms with Gasteiger partial charge in [-0.25, -0.2) is 0 Å². The first-order valence-corrected chi connectivity index (χ1v) is 7.96. The van der Waals surface area contributed by atoms with Crippen LogP contribution in [0.2, 0.25) is 0 Å². The first-order valence-electron chi connectivity index (χ1n) is 7.17. The van der Waals surface area contributed by atoms with Crippen LogP contribution in [0.1, 0.15) is 51.6 Å². The minimum absolute atomic E-state index is 0.00142. The number of hydrogen-bond acceptors (Lipinski definition) is 2. The van der Waals surface area contributed by atoms with Crippen LogP contribution in [0, 0.1) is 11.8 Å². The van der Waals surface area contributed by atoms with Crippen LogP contribution in [0.15, 0.2) is 22.7 Å². The van der Waals surface area contributed by atoms with Crippen molar-refractivity contribution in [2.75, 3.05) is 0 Å².